The average molecular weight is 302 g/mol. The molecule has 2 N–H and O–H groups in total. The first-order valence-electron chi connectivity index (χ1n) is 6.98. The van der Waals surface area contributed by atoms with E-state index in [0.717, 1.165) is 6.42 Å². The molecule has 22 heavy (non-hydrogen) atoms. The number of nitrogens with zero attached hydrogens (tertiary/aromatic N) is 4. The molecule has 0 aliphatic carbocycles. The van der Waals surface area contributed by atoms with E-state index < -0.39 is 4.92 Å². The van der Waals surface area contributed by atoms with E-state index in [-0.39, 0.29) is 17.3 Å². The van der Waals surface area contributed by atoms with E-state index in [1.54, 1.807) is 24.5 Å². The van der Waals surface area contributed by atoms with Crippen LogP contribution in [0.3, 0.4) is 0 Å². The third-order valence-corrected chi connectivity index (χ3v) is 2.96. The van der Waals surface area contributed by atoms with Crippen molar-refractivity contribution in [1.82, 2.24) is 15.0 Å². The number of anilines is 3. The fraction of sp³-hybridized carbons (Fsp3) is 0.357. The second-order valence-corrected chi connectivity index (χ2v) is 5.15. The fourth-order valence-electron chi connectivity index (χ4n) is 1.82. The molecule has 2 heterocycles. The van der Waals surface area contributed by atoms with Crippen LogP contribution in [0.15, 0.2) is 30.9 Å². The van der Waals surface area contributed by atoms with Gasteiger partial charge in [0.2, 0.25) is 11.6 Å². The highest BCUT2D eigenvalue weighted by molar-refractivity contribution is 5.73. The number of rotatable bonds is 7. The Labute approximate surface area is 128 Å². The Morgan fingerprint density at radius 3 is 2.55 bits per heavy atom. The Hall–Kier alpha value is -2.77. The molecule has 0 aliphatic rings. The number of hydrogen-bond acceptors (Lipinski definition) is 7. The minimum atomic E-state index is -0.485. The highest BCUT2D eigenvalue weighted by Gasteiger charge is 2.22. The molecule has 8 heteroatoms. The SMILES string of the molecule is CC(C)CCNc1ncnc(Nc2ccncc2)c1[N+](=O)[O-]. The summed E-state index contributed by atoms with van der Waals surface area (Å²) in [6, 6.07) is 3.41. The molecular formula is C14H18N6O2. The van der Waals surface area contributed by atoms with Gasteiger partial charge in [0, 0.05) is 24.6 Å². The normalized spacial score (nSPS) is 10.5. The topological polar surface area (TPSA) is 106 Å². The van der Waals surface area contributed by atoms with Gasteiger partial charge in [0.05, 0.1) is 4.92 Å². The van der Waals surface area contributed by atoms with Crippen molar-refractivity contribution in [3.8, 4) is 0 Å². The average Bonchev–Trinajstić information content (AvgIpc) is 2.48. The first-order chi connectivity index (χ1) is 10.6. The molecule has 8 nitrogen and oxygen atoms in total. The van der Waals surface area contributed by atoms with Gasteiger partial charge in [0.1, 0.15) is 6.33 Å². The molecule has 0 radical (unpaired) electrons. The summed E-state index contributed by atoms with van der Waals surface area (Å²) in [5.41, 5.74) is 0.507. The van der Waals surface area contributed by atoms with Crippen LogP contribution in [0.5, 0.6) is 0 Å². The predicted molar refractivity (Wildman–Crippen MR) is 84.2 cm³/mol. The van der Waals surface area contributed by atoms with Crippen LogP contribution in [0, 0.1) is 16.0 Å². The van der Waals surface area contributed by atoms with Crippen molar-refractivity contribution in [2.24, 2.45) is 5.92 Å². The van der Waals surface area contributed by atoms with E-state index in [1.807, 2.05) is 0 Å². The number of nitrogens with one attached hydrogen (secondary N) is 2. The highest BCUT2D eigenvalue weighted by atomic mass is 16.6. The van der Waals surface area contributed by atoms with Gasteiger partial charge in [-0.25, -0.2) is 9.97 Å². The molecule has 0 fully saturated rings. The van der Waals surface area contributed by atoms with Crippen LogP contribution in [-0.4, -0.2) is 26.4 Å². The van der Waals surface area contributed by atoms with Crippen molar-refractivity contribution in [2.75, 3.05) is 17.2 Å². The van der Waals surface area contributed by atoms with Crippen molar-refractivity contribution >= 4 is 23.0 Å². The lowest BCUT2D eigenvalue weighted by atomic mass is 10.1. The Balaban J connectivity index is 2.24. The Morgan fingerprint density at radius 1 is 1.23 bits per heavy atom. The van der Waals surface area contributed by atoms with Crippen molar-refractivity contribution in [2.45, 2.75) is 20.3 Å². The summed E-state index contributed by atoms with van der Waals surface area (Å²) in [5, 5.41) is 17.3. The number of aromatic nitrogens is 3. The van der Waals surface area contributed by atoms with E-state index in [9.17, 15) is 10.1 Å². The van der Waals surface area contributed by atoms with Crippen LogP contribution in [0.1, 0.15) is 20.3 Å². The van der Waals surface area contributed by atoms with Gasteiger partial charge in [0.25, 0.3) is 0 Å². The summed E-state index contributed by atoms with van der Waals surface area (Å²) in [6.07, 6.45) is 5.39. The molecule has 2 aromatic rings. The molecule has 0 aromatic carbocycles. The maximum Gasteiger partial charge on any atom is 0.353 e. The van der Waals surface area contributed by atoms with Crippen molar-refractivity contribution < 1.29 is 4.92 Å². The maximum atomic E-state index is 11.4. The number of pyridine rings is 1. The van der Waals surface area contributed by atoms with Crippen LogP contribution in [0.4, 0.5) is 23.0 Å². The summed E-state index contributed by atoms with van der Waals surface area (Å²) in [7, 11) is 0. The van der Waals surface area contributed by atoms with Gasteiger partial charge in [-0.1, -0.05) is 13.8 Å². The van der Waals surface area contributed by atoms with Gasteiger partial charge >= 0.3 is 5.69 Å². The molecule has 0 unspecified atom stereocenters. The Morgan fingerprint density at radius 2 is 1.91 bits per heavy atom. The standard InChI is InChI=1S/C14H18N6O2/c1-10(2)3-8-16-13-12(20(21)22)14(18-9-17-13)19-11-4-6-15-7-5-11/h4-7,9-10H,3,8H2,1-2H3,(H2,15,16,17,18,19). The largest absolute Gasteiger partial charge is 0.364 e. The molecule has 0 bridgehead atoms. The fourth-order valence-corrected chi connectivity index (χ4v) is 1.82. The van der Waals surface area contributed by atoms with Crippen LogP contribution in [0.25, 0.3) is 0 Å². The van der Waals surface area contributed by atoms with Crippen LogP contribution < -0.4 is 10.6 Å². The zero-order valence-electron chi connectivity index (χ0n) is 12.5. The van der Waals surface area contributed by atoms with Crippen molar-refractivity contribution in [3.63, 3.8) is 0 Å². The third-order valence-electron chi connectivity index (χ3n) is 2.96. The quantitative estimate of drug-likeness (QED) is 0.598. The predicted octanol–water partition coefficient (Wildman–Crippen LogP) is 2.98. The maximum absolute atomic E-state index is 11.4. The van der Waals surface area contributed by atoms with Crippen LogP contribution >= 0.6 is 0 Å². The van der Waals surface area contributed by atoms with E-state index in [1.165, 1.54) is 6.33 Å². The first-order valence-corrected chi connectivity index (χ1v) is 6.98. The zero-order chi connectivity index (χ0) is 15.9. The molecule has 116 valence electrons. The molecule has 0 aliphatic heterocycles. The van der Waals surface area contributed by atoms with Crippen LogP contribution in [-0.2, 0) is 0 Å². The molecular weight excluding hydrogens is 284 g/mol. The van der Waals surface area contributed by atoms with E-state index in [2.05, 4.69) is 39.4 Å². The molecule has 0 atom stereocenters. The van der Waals surface area contributed by atoms with Gasteiger partial charge in [-0.15, -0.1) is 0 Å². The molecule has 0 spiro atoms. The minimum absolute atomic E-state index is 0.151. The van der Waals surface area contributed by atoms with Gasteiger partial charge < -0.3 is 10.6 Å². The lowest BCUT2D eigenvalue weighted by Crippen LogP contribution is -2.10. The molecule has 2 rings (SSSR count). The second kappa shape index (κ2) is 7.30. The Bertz CT molecular complexity index is 632. The van der Waals surface area contributed by atoms with Crippen LogP contribution in [0.2, 0.25) is 0 Å². The summed E-state index contributed by atoms with van der Waals surface area (Å²) in [5.74, 6) is 0.873. The van der Waals surface area contributed by atoms with Gasteiger partial charge in [0.15, 0.2) is 0 Å². The minimum Gasteiger partial charge on any atom is -0.364 e. The smallest absolute Gasteiger partial charge is 0.353 e. The van der Waals surface area contributed by atoms with E-state index in [4.69, 9.17) is 0 Å². The van der Waals surface area contributed by atoms with E-state index in [0.29, 0.717) is 18.2 Å². The van der Waals surface area contributed by atoms with Crippen molar-refractivity contribution in [1.29, 1.82) is 0 Å². The van der Waals surface area contributed by atoms with E-state index >= 15 is 0 Å². The first kappa shape index (κ1) is 15.6. The lowest BCUT2D eigenvalue weighted by molar-refractivity contribution is -0.383. The zero-order valence-corrected chi connectivity index (χ0v) is 12.5. The summed E-state index contributed by atoms with van der Waals surface area (Å²) >= 11 is 0. The molecule has 0 saturated heterocycles. The summed E-state index contributed by atoms with van der Waals surface area (Å²) in [4.78, 5) is 22.7. The van der Waals surface area contributed by atoms with Crippen molar-refractivity contribution in [3.05, 3.63) is 41.0 Å². The summed E-state index contributed by atoms with van der Waals surface area (Å²) < 4.78 is 0. The number of hydrogen-bond donors (Lipinski definition) is 2. The van der Waals surface area contributed by atoms with Gasteiger partial charge in [-0.3, -0.25) is 15.1 Å². The third kappa shape index (κ3) is 4.11. The monoisotopic (exact) mass is 302 g/mol. The molecule has 0 amide bonds. The summed E-state index contributed by atoms with van der Waals surface area (Å²) in [6.45, 7) is 4.79. The van der Waals surface area contributed by atoms with Gasteiger partial charge in [-0.2, -0.15) is 0 Å². The second-order valence-electron chi connectivity index (χ2n) is 5.15. The molecule has 2 aromatic heterocycles. The Kier molecular flexibility index (Phi) is 5.18. The van der Waals surface area contributed by atoms with Gasteiger partial charge in [-0.05, 0) is 24.5 Å². The number of nitro groups is 1. The molecule has 0 saturated carbocycles. The lowest BCUT2D eigenvalue weighted by Gasteiger charge is -2.10. The highest BCUT2D eigenvalue weighted by Crippen LogP contribution is 2.30.